The van der Waals surface area contributed by atoms with Crippen LogP contribution in [0.5, 0.6) is 5.75 Å². The van der Waals surface area contributed by atoms with Crippen molar-refractivity contribution in [3.05, 3.63) is 48.5 Å². The number of carbonyl (C=O) groups is 2. The van der Waals surface area contributed by atoms with Gasteiger partial charge < -0.3 is 15.4 Å². The zero-order chi connectivity index (χ0) is 19.9. The van der Waals surface area contributed by atoms with Gasteiger partial charge in [0.1, 0.15) is 5.75 Å². The molecule has 0 atom stereocenters. The highest BCUT2D eigenvalue weighted by Crippen LogP contribution is 2.20. The molecule has 0 aliphatic carbocycles. The molecule has 0 unspecified atom stereocenters. The molecule has 1 aromatic heterocycles. The topological polar surface area (TPSA) is 111 Å². The van der Waals surface area contributed by atoms with Crippen molar-refractivity contribution < 1.29 is 14.3 Å². The van der Waals surface area contributed by atoms with Gasteiger partial charge in [-0.2, -0.15) is 4.68 Å². The normalized spacial score (nSPS) is 10.4. The molecule has 0 aliphatic rings. The van der Waals surface area contributed by atoms with Crippen LogP contribution in [-0.2, 0) is 9.59 Å². The standard InChI is InChI=1S/C18H18N6O3S/c1-12(25)19-13-3-7-15(8-4-13)24-18(21-22-23-24)28-11-17(26)20-14-5-9-16(27-2)10-6-14/h3-10H,11H2,1-2H3,(H,19,25)(H,20,26). The van der Waals surface area contributed by atoms with Gasteiger partial charge in [0.2, 0.25) is 17.0 Å². The average molecular weight is 398 g/mol. The Hall–Kier alpha value is -3.40. The first kappa shape index (κ1) is 19.4. The van der Waals surface area contributed by atoms with E-state index in [0.717, 1.165) is 11.4 Å². The fourth-order valence-corrected chi connectivity index (χ4v) is 3.01. The Kier molecular flexibility index (Phi) is 6.22. The quantitative estimate of drug-likeness (QED) is 0.588. The first-order valence-electron chi connectivity index (χ1n) is 8.28. The number of amides is 2. The number of methoxy groups -OCH3 is 1. The van der Waals surface area contributed by atoms with Crippen LogP contribution >= 0.6 is 11.8 Å². The maximum atomic E-state index is 12.2. The summed E-state index contributed by atoms with van der Waals surface area (Å²) >= 11 is 1.22. The number of hydrogen-bond donors (Lipinski definition) is 2. The van der Waals surface area contributed by atoms with Crippen molar-refractivity contribution in [1.82, 2.24) is 20.2 Å². The Labute approximate surface area is 165 Å². The second-order valence-corrected chi connectivity index (χ2v) is 6.61. The maximum absolute atomic E-state index is 12.2. The molecule has 144 valence electrons. The molecule has 0 bridgehead atoms. The molecule has 2 aromatic carbocycles. The second-order valence-electron chi connectivity index (χ2n) is 5.67. The second kappa shape index (κ2) is 9.00. The SMILES string of the molecule is COc1ccc(NC(=O)CSc2nnnn2-c2ccc(NC(C)=O)cc2)cc1. The van der Waals surface area contributed by atoms with Crippen LogP contribution in [0.25, 0.3) is 5.69 Å². The van der Waals surface area contributed by atoms with Crippen LogP contribution in [0, 0.1) is 0 Å². The van der Waals surface area contributed by atoms with E-state index in [1.165, 1.54) is 23.4 Å². The van der Waals surface area contributed by atoms with Gasteiger partial charge in [-0.3, -0.25) is 9.59 Å². The van der Waals surface area contributed by atoms with Gasteiger partial charge in [-0.25, -0.2) is 0 Å². The molecule has 0 aliphatic heterocycles. The number of tetrazole rings is 1. The van der Waals surface area contributed by atoms with Gasteiger partial charge in [-0.1, -0.05) is 11.8 Å². The van der Waals surface area contributed by atoms with Crippen molar-refractivity contribution in [2.24, 2.45) is 0 Å². The summed E-state index contributed by atoms with van der Waals surface area (Å²) in [5.41, 5.74) is 2.08. The van der Waals surface area contributed by atoms with Crippen molar-refractivity contribution in [3.63, 3.8) is 0 Å². The van der Waals surface area contributed by atoms with Crippen LogP contribution in [0.4, 0.5) is 11.4 Å². The molecule has 2 N–H and O–H groups in total. The monoisotopic (exact) mass is 398 g/mol. The summed E-state index contributed by atoms with van der Waals surface area (Å²) in [5, 5.41) is 17.6. The van der Waals surface area contributed by atoms with Crippen molar-refractivity contribution in [1.29, 1.82) is 0 Å². The predicted octanol–water partition coefficient (Wildman–Crippen LogP) is 2.36. The molecular weight excluding hydrogens is 380 g/mol. The summed E-state index contributed by atoms with van der Waals surface area (Å²) in [6, 6.07) is 14.1. The Balaban J connectivity index is 1.60. The number of anilines is 2. The van der Waals surface area contributed by atoms with Crippen molar-refractivity contribution in [2.75, 3.05) is 23.5 Å². The largest absolute Gasteiger partial charge is 0.497 e. The lowest BCUT2D eigenvalue weighted by molar-refractivity contribution is -0.114. The summed E-state index contributed by atoms with van der Waals surface area (Å²) in [5.74, 6) is 0.548. The number of nitrogens with one attached hydrogen (secondary N) is 2. The van der Waals surface area contributed by atoms with E-state index < -0.39 is 0 Å². The lowest BCUT2D eigenvalue weighted by atomic mass is 10.3. The van der Waals surface area contributed by atoms with Crippen LogP contribution in [0.1, 0.15) is 6.92 Å². The van der Waals surface area contributed by atoms with Gasteiger partial charge in [-0.05, 0) is 59.0 Å². The molecule has 0 saturated carbocycles. The number of nitrogens with zero attached hydrogens (tertiary/aromatic N) is 4. The van der Waals surface area contributed by atoms with Crippen molar-refractivity contribution in [3.8, 4) is 11.4 Å². The summed E-state index contributed by atoms with van der Waals surface area (Å²) < 4.78 is 6.62. The highest BCUT2D eigenvalue weighted by molar-refractivity contribution is 7.99. The van der Waals surface area contributed by atoms with E-state index in [0.29, 0.717) is 16.5 Å². The average Bonchev–Trinajstić information content (AvgIpc) is 3.16. The predicted molar refractivity (Wildman–Crippen MR) is 106 cm³/mol. The zero-order valence-corrected chi connectivity index (χ0v) is 16.1. The molecule has 0 radical (unpaired) electrons. The fraction of sp³-hybridized carbons (Fsp3) is 0.167. The molecule has 9 nitrogen and oxygen atoms in total. The van der Waals surface area contributed by atoms with Gasteiger partial charge in [0.05, 0.1) is 18.6 Å². The number of carbonyl (C=O) groups excluding carboxylic acids is 2. The molecule has 0 spiro atoms. The van der Waals surface area contributed by atoms with Gasteiger partial charge in [0, 0.05) is 18.3 Å². The summed E-state index contributed by atoms with van der Waals surface area (Å²) in [4.78, 5) is 23.3. The lowest BCUT2D eigenvalue weighted by Crippen LogP contribution is -2.14. The minimum Gasteiger partial charge on any atom is -0.497 e. The van der Waals surface area contributed by atoms with Crippen LogP contribution in [0.15, 0.2) is 53.7 Å². The summed E-state index contributed by atoms with van der Waals surface area (Å²) in [7, 11) is 1.59. The van der Waals surface area contributed by atoms with E-state index in [4.69, 9.17) is 4.74 Å². The number of rotatable bonds is 7. The molecule has 0 fully saturated rings. The molecule has 1 heterocycles. The Morgan fingerprint density at radius 1 is 1.04 bits per heavy atom. The Bertz CT molecular complexity index is 956. The van der Waals surface area contributed by atoms with Crippen molar-refractivity contribution >= 4 is 35.0 Å². The number of hydrogen-bond acceptors (Lipinski definition) is 7. The summed E-state index contributed by atoms with van der Waals surface area (Å²) in [6.07, 6.45) is 0. The van der Waals surface area contributed by atoms with E-state index in [-0.39, 0.29) is 17.6 Å². The minimum atomic E-state index is -0.175. The van der Waals surface area contributed by atoms with Crippen molar-refractivity contribution in [2.45, 2.75) is 12.1 Å². The van der Waals surface area contributed by atoms with E-state index >= 15 is 0 Å². The first-order chi connectivity index (χ1) is 13.5. The number of thioether (sulfide) groups is 1. The molecule has 28 heavy (non-hydrogen) atoms. The Morgan fingerprint density at radius 2 is 1.68 bits per heavy atom. The Morgan fingerprint density at radius 3 is 2.32 bits per heavy atom. The third-order valence-corrected chi connectivity index (χ3v) is 4.50. The van der Waals surface area contributed by atoms with Crippen LogP contribution < -0.4 is 15.4 Å². The number of benzene rings is 2. The van der Waals surface area contributed by atoms with Gasteiger partial charge >= 0.3 is 0 Å². The van der Waals surface area contributed by atoms with Gasteiger partial charge in [0.15, 0.2) is 0 Å². The maximum Gasteiger partial charge on any atom is 0.234 e. The van der Waals surface area contributed by atoms with E-state index in [1.807, 2.05) is 0 Å². The van der Waals surface area contributed by atoms with Crippen LogP contribution in [0.2, 0.25) is 0 Å². The molecular formula is C18H18N6O3S. The van der Waals surface area contributed by atoms with Gasteiger partial charge in [-0.15, -0.1) is 5.10 Å². The highest BCUT2D eigenvalue weighted by atomic mass is 32.2. The first-order valence-corrected chi connectivity index (χ1v) is 9.27. The molecule has 2 amide bonds. The highest BCUT2D eigenvalue weighted by Gasteiger charge is 2.12. The fourth-order valence-electron chi connectivity index (χ4n) is 2.32. The third-order valence-electron chi connectivity index (χ3n) is 3.58. The molecule has 0 saturated heterocycles. The lowest BCUT2D eigenvalue weighted by Gasteiger charge is -2.07. The number of aromatic nitrogens is 4. The minimum absolute atomic E-state index is 0.144. The molecule has 10 heteroatoms. The zero-order valence-electron chi connectivity index (χ0n) is 15.2. The van der Waals surface area contributed by atoms with E-state index in [2.05, 4.69) is 26.2 Å². The number of ether oxygens (including phenoxy) is 1. The van der Waals surface area contributed by atoms with Gasteiger partial charge in [0.25, 0.3) is 0 Å². The third kappa shape index (κ3) is 5.07. The van der Waals surface area contributed by atoms with E-state index in [9.17, 15) is 9.59 Å². The van der Waals surface area contributed by atoms with Crippen LogP contribution in [-0.4, -0.2) is 44.9 Å². The summed E-state index contributed by atoms with van der Waals surface area (Å²) in [6.45, 7) is 1.45. The molecule has 3 rings (SSSR count). The van der Waals surface area contributed by atoms with E-state index in [1.54, 1.807) is 55.6 Å². The smallest absolute Gasteiger partial charge is 0.234 e. The van der Waals surface area contributed by atoms with Crippen LogP contribution in [0.3, 0.4) is 0 Å². The molecule has 3 aromatic rings.